The maximum Gasteiger partial charge on any atom is 0.338 e. The highest BCUT2D eigenvalue weighted by atomic mass is 32.2. The van der Waals surface area contributed by atoms with Crippen LogP contribution in [0.2, 0.25) is 0 Å². The Bertz CT molecular complexity index is 713. The Morgan fingerprint density at radius 1 is 1.28 bits per heavy atom. The Labute approximate surface area is 151 Å². The van der Waals surface area contributed by atoms with Crippen LogP contribution in [0.1, 0.15) is 28.4 Å². The van der Waals surface area contributed by atoms with Crippen LogP contribution in [0, 0.1) is 13.8 Å². The second-order valence-electron chi connectivity index (χ2n) is 5.45. The summed E-state index contributed by atoms with van der Waals surface area (Å²) in [6, 6.07) is 5.45. The lowest BCUT2D eigenvalue weighted by Crippen LogP contribution is -2.29. The number of carbonyl (C=O) groups excluding carboxylic acids is 3. The number of amides is 1. The van der Waals surface area contributed by atoms with Gasteiger partial charge in [0, 0.05) is 0 Å². The van der Waals surface area contributed by atoms with Crippen molar-refractivity contribution < 1.29 is 23.9 Å². The van der Waals surface area contributed by atoms with E-state index in [1.807, 2.05) is 19.9 Å². The zero-order chi connectivity index (χ0) is 18.4. The van der Waals surface area contributed by atoms with Crippen LogP contribution < -0.4 is 0 Å². The van der Waals surface area contributed by atoms with E-state index in [4.69, 9.17) is 9.47 Å². The van der Waals surface area contributed by atoms with Crippen molar-refractivity contribution in [1.29, 1.82) is 0 Å². The summed E-state index contributed by atoms with van der Waals surface area (Å²) in [5, 5.41) is 0.520. The SMILES string of the molecule is CCOC(=O)/C=C1\SCC(=O)N1CCOC(=O)c1cccc(C)c1C. The van der Waals surface area contributed by atoms with E-state index in [-0.39, 0.29) is 31.4 Å². The summed E-state index contributed by atoms with van der Waals surface area (Å²) in [5.74, 6) is -0.771. The van der Waals surface area contributed by atoms with Gasteiger partial charge in [-0.25, -0.2) is 9.59 Å². The van der Waals surface area contributed by atoms with Crippen molar-refractivity contribution >= 4 is 29.6 Å². The fourth-order valence-electron chi connectivity index (χ4n) is 2.33. The summed E-state index contributed by atoms with van der Waals surface area (Å²) in [5.41, 5.74) is 2.41. The molecule has 0 aliphatic carbocycles. The van der Waals surface area contributed by atoms with Crippen molar-refractivity contribution in [3.8, 4) is 0 Å². The number of carbonyl (C=O) groups is 3. The normalized spacial score (nSPS) is 15.6. The first-order valence-corrected chi connectivity index (χ1v) is 8.97. The summed E-state index contributed by atoms with van der Waals surface area (Å²) in [7, 11) is 0. The molecule has 0 saturated carbocycles. The second kappa shape index (κ2) is 8.71. The summed E-state index contributed by atoms with van der Waals surface area (Å²) in [6.07, 6.45) is 1.30. The number of aryl methyl sites for hydroxylation is 1. The van der Waals surface area contributed by atoms with Gasteiger partial charge in [0.25, 0.3) is 0 Å². The van der Waals surface area contributed by atoms with E-state index in [1.54, 1.807) is 19.1 Å². The molecule has 0 radical (unpaired) electrons. The van der Waals surface area contributed by atoms with E-state index in [2.05, 4.69) is 0 Å². The molecule has 0 atom stereocenters. The van der Waals surface area contributed by atoms with Crippen molar-refractivity contribution in [2.24, 2.45) is 0 Å². The second-order valence-corrected chi connectivity index (χ2v) is 6.45. The van der Waals surface area contributed by atoms with Crippen LogP contribution in [-0.2, 0) is 19.1 Å². The van der Waals surface area contributed by atoms with Gasteiger partial charge in [0.15, 0.2) is 0 Å². The highest BCUT2D eigenvalue weighted by Crippen LogP contribution is 2.28. The van der Waals surface area contributed by atoms with Crippen molar-refractivity contribution in [1.82, 2.24) is 4.90 Å². The number of esters is 2. The summed E-state index contributed by atoms with van der Waals surface area (Å²) < 4.78 is 10.1. The molecular weight excluding hydrogens is 342 g/mol. The van der Waals surface area contributed by atoms with E-state index in [9.17, 15) is 14.4 Å². The van der Waals surface area contributed by atoms with Gasteiger partial charge >= 0.3 is 11.9 Å². The van der Waals surface area contributed by atoms with Gasteiger partial charge in [-0.1, -0.05) is 23.9 Å². The molecule has 0 spiro atoms. The Morgan fingerprint density at radius 3 is 2.76 bits per heavy atom. The van der Waals surface area contributed by atoms with E-state index in [0.29, 0.717) is 10.6 Å². The molecule has 0 unspecified atom stereocenters. The molecule has 1 fully saturated rings. The molecule has 6 nitrogen and oxygen atoms in total. The number of thioether (sulfide) groups is 1. The predicted molar refractivity (Wildman–Crippen MR) is 95.1 cm³/mol. The topological polar surface area (TPSA) is 72.9 Å². The molecule has 0 N–H and O–H groups in total. The van der Waals surface area contributed by atoms with E-state index < -0.39 is 11.9 Å². The van der Waals surface area contributed by atoms with E-state index in [1.165, 1.54) is 22.7 Å². The lowest BCUT2D eigenvalue weighted by molar-refractivity contribution is -0.137. The molecule has 1 saturated heterocycles. The fraction of sp³-hybridized carbons (Fsp3) is 0.389. The number of nitrogens with zero attached hydrogens (tertiary/aromatic N) is 1. The van der Waals surface area contributed by atoms with Crippen LogP contribution in [0.4, 0.5) is 0 Å². The minimum atomic E-state index is -0.489. The average Bonchev–Trinajstić information content (AvgIpc) is 2.90. The van der Waals surface area contributed by atoms with Gasteiger partial charge in [0.2, 0.25) is 5.91 Å². The summed E-state index contributed by atoms with van der Waals surface area (Å²) >= 11 is 1.27. The Hall–Kier alpha value is -2.28. The van der Waals surface area contributed by atoms with Crippen LogP contribution in [0.5, 0.6) is 0 Å². The van der Waals surface area contributed by atoms with Gasteiger partial charge in [-0.15, -0.1) is 0 Å². The van der Waals surface area contributed by atoms with Crippen molar-refractivity contribution in [3.63, 3.8) is 0 Å². The lowest BCUT2D eigenvalue weighted by Gasteiger charge is -2.17. The standard InChI is InChI=1S/C18H21NO5S/c1-4-23-17(21)10-16-19(15(20)11-25-16)8-9-24-18(22)14-7-5-6-12(2)13(14)3/h5-7,10H,4,8-9,11H2,1-3H3/b16-10-. The highest BCUT2D eigenvalue weighted by molar-refractivity contribution is 8.04. The smallest absolute Gasteiger partial charge is 0.338 e. The third kappa shape index (κ3) is 4.85. The molecule has 1 aliphatic rings. The predicted octanol–water partition coefficient (Wildman–Crippen LogP) is 2.44. The number of ether oxygens (including phenoxy) is 2. The number of benzene rings is 1. The summed E-state index contributed by atoms with van der Waals surface area (Å²) in [4.78, 5) is 37.1. The van der Waals surface area contributed by atoms with Crippen molar-refractivity contribution in [3.05, 3.63) is 46.0 Å². The van der Waals surface area contributed by atoms with Crippen LogP contribution in [-0.4, -0.2) is 48.3 Å². The first-order chi connectivity index (χ1) is 11.9. The van der Waals surface area contributed by atoms with Crippen LogP contribution in [0.25, 0.3) is 0 Å². The van der Waals surface area contributed by atoms with Gasteiger partial charge in [0.1, 0.15) is 6.61 Å². The molecule has 134 valence electrons. The van der Waals surface area contributed by atoms with Gasteiger partial charge in [-0.05, 0) is 38.0 Å². The minimum absolute atomic E-state index is 0.0542. The molecule has 7 heteroatoms. The lowest BCUT2D eigenvalue weighted by atomic mass is 10.0. The maximum atomic E-state index is 12.2. The summed E-state index contributed by atoms with van der Waals surface area (Å²) in [6.45, 7) is 6.04. The molecule has 1 aromatic rings. The Morgan fingerprint density at radius 2 is 2.04 bits per heavy atom. The molecule has 25 heavy (non-hydrogen) atoms. The molecule has 1 heterocycles. The maximum absolute atomic E-state index is 12.2. The molecule has 2 rings (SSSR count). The zero-order valence-electron chi connectivity index (χ0n) is 14.5. The quantitative estimate of drug-likeness (QED) is 0.571. The van der Waals surface area contributed by atoms with Crippen LogP contribution >= 0.6 is 11.8 Å². The average molecular weight is 363 g/mol. The van der Waals surface area contributed by atoms with E-state index in [0.717, 1.165) is 11.1 Å². The minimum Gasteiger partial charge on any atom is -0.463 e. The number of hydrogen-bond acceptors (Lipinski definition) is 6. The third-order valence-electron chi connectivity index (χ3n) is 3.81. The van der Waals surface area contributed by atoms with Crippen molar-refractivity contribution in [2.45, 2.75) is 20.8 Å². The monoisotopic (exact) mass is 363 g/mol. The van der Waals surface area contributed by atoms with Gasteiger partial charge in [-0.3, -0.25) is 4.79 Å². The first kappa shape index (κ1) is 19.1. The fourth-order valence-corrected chi connectivity index (χ4v) is 3.29. The Balaban J connectivity index is 1.95. The molecular formula is C18H21NO5S. The van der Waals surface area contributed by atoms with Crippen molar-refractivity contribution in [2.75, 3.05) is 25.5 Å². The van der Waals surface area contributed by atoms with E-state index >= 15 is 0 Å². The largest absolute Gasteiger partial charge is 0.463 e. The molecule has 1 aliphatic heterocycles. The molecule has 1 amide bonds. The molecule has 1 aromatic carbocycles. The molecule has 0 aromatic heterocycles. The highest BCUT2D eigenvalue weighted by Gasteiger charge is 2.27. The first-order valence-electron chi connectivity index (χ1n) is 7.99. The number of hydrogen-bond donors (Lipinski definition) is 0. The third-order valence-corrected chi connectivity index (χ3v) is 4.84. The molecule has 0 bridgehead atoms. The van der Waals surface area contributed by atoms with Gasteiger partial charge in [-0.2, -0.15) is 0 Å². The Kier molecular flexibility index (Phi) is 6.64. The van der Waals surface area contributed by atoms with Gasteiger partial charge < -0.3 is 14.4 Å². The van der Waals surface area contributed by atoms with Gasteiger partial charge in [0.05, 0.1) is 35.6 Å². The number of rotatable bonds is 6. The van der Waals surface area contributed by atoms with Crippen LogP contribution in [0.15, 0.2) is 29.3 Å². The van der Waals surface area contributed by atoms with Crippen LogP contribution in [0.3, 0.4) is 0 Å². The zero-order valence-corrected chi connectivity index (χ0v) is 15.4.